The number of nitrogens with one attached hydrogen (secondary N) is 1. The van der Waals surface area contributed by atoms with Crippen molar-refractivity contribution in [3.8, 4) is 5.75 Å². The lowest BCUT2D eigenvalue weighted by Crippen LogP contribution is -2.56. The van der Waals surface area contributed by atoms with E-state index in [9.17, 15) is 24.3 Å². The fraction of sp³-hybridized carbons (Fsp3) is 0.619. The molecule has 0 aliphatic carbocycles. The molecule has 2 N–H and O–H groups in total. The maximum atomic E-state index is 14.2. The number of piperazine rings is 1. The van der Waals surface area contributed by atoms with Crippen molar-refractivity contribution in [2.75, 3.05) is 70.8 Å². The van der Waals surface area contributed by atoms with Crippen LogP contribution in [0.3, 0.4) is 0 Å². The molecule has 2 aromatic rings. The van der Waals surface area contributed by atoms with Crippen LogP contribution in [0.25, 0.3) is 0 Å². The molecule has 0 spiro atoms. The van der Waals surface area contributed by atoms with Crippen LogP contribution < -0.4 is 5.32 Å². The molecule has 4 aliphatic heterocycles. The van der Waals surface area contributed by atoms with Crippen LogP contribution in [0.2, 0.25) is 0 Å². The van der Waals surface area contributed by atoms with Gasteiger partial charge in [0.25, 0.3) is 5.91 Å². The number of rotatable bonds is 10. The minimum Gasteiger partial charge on any atom is -0.507 e. The zero-order valence-electron chi connectivity index (χ0n) is 32.4. The van der Waals surface area contributed by atoms with Crippen LogP contribution in [-0.2, 0) is 31.9 Å². The second kappa shape index (κ2) is 19.0. The number of carbonyl (C=O) groups excluding carboxylic acids is 4. The Morgan fingerprint density at radius 1 is 0.836 bits per heavy atom. The van der Waals surface area contributed by atoms with E-state index < -0.39 is 12.2 Å². The van der Waals surface area contributed by atoms with E-state index in [0.29, 0.717) is 75.7 Å². The number of aromatic hydroxyl groups is 1. The van der Waals surface area contributed by atoms with Gasteiger partial charge in [-0.1, -0.05) is 37.8 Å². The van der Waals surface area contributed by atoms with E-state index in [1.165, 1.54) is 0 Å². The number of piperidine rings is 2. The van der Waals surface area contributed by atoms with E-state index in [1.54, 1.807) is 4.90 Å². The lowest BCUT2D eigenvalue weighted by atomic mass is 10.00. The summed E-state index contributed by atoms with van der Waals surface area (Å²) < 4.78 is 11.4. The highest BCUT2D eigenvalue weighted by Gasteiger charge is 2.36. The molecular weight excluding hydrogens is 700 g/mol. The summed E-state index contributed by atoms with van der Waals surface area (Å²) in [4.78, 5) is 63.2. The summed E-state index contributed by atoms with van der Waals surface area (Å²) in [6.45, 7) is 14.0. The molecule has 55 heavy (non-hydrogen) atoms. The number of esters is 1. The van der Waals surface area contributed by atoms with Gasteiger partial charge in [-0.25, -0.2) is 9.59 Å². The van der Waals surface area contributed by atoms with Gasteiger partial charge in [-0.05, 0) is 101 Å². The molecule has 0 bridgehead atoms. The smallest absolute Gasteiger partial charge is 0.410 e. The summed E-state index contributed by atoms with van der Waals surface area (Å²) in [6, 6.07) is 11.9. The van der Waals surface area contributed by atoms with Gasteiger partial charge < -0.3 is 39.5 Å². The number of likely N-dealkylation sites (tertiary alicyclic amines) is 2. The second-order valence-corrected chi connectivity index (χ2v) is 15.6. The molecule has 0 unspecified atom stereocenters. The predicted molar refractivity (Wildman–Crippen MR) is 212 cm³/mol. The highest BCUT2D eigenvalue weighted by molar-refractivity contribution is 5.91. The summed E-state index contributed by atoms with van der Waals surface area (Å²) in [5.74, 6) is -0.132. The Kier molecular flexibility index (Phi) is 14.4. The first-order chi connectivity index (χ1) is 25.9. The number of anilines is 1. The number of ether oxygens (including phenoxy) is 2. The van der Waals surface area contributed by atoms with E-state index >= 15 is 0 Å². The van der Waals surface area contributed by atoms with Crippen LogP contribution >= 0.6 is 0 Å². The number of nitrogens with zero attached hydrogens (tertiary/aromatic N) is 5. The molecule has 3 saturated heterocycles. The minimum atomic E-state index is -1.01. The Morgan fingerprint density at radius 3 is 2.13 bits per heavy atom. The molecule has 4 heterocycles. The number of hydrogen-bond acceptors (Lipinski definition) is 9. The van der Waals surface area contributed by atoms with Gasteiger partial charge >= 0.3 is 18.1 Å². The van der Waals surface area contributed by atoms with Gasteiger partial charge in [0.15, 0.2) is 6.10 Å². The molecule has 2 aromatic carbocycles. The number of fused-ring (bicyclic) bond motifs is 1. The Balaban J connectivity index is 0.00000580. The summed E-state index contributed by atoms with van der Waals surface area (Å²) in [5, 5.41) is 13.4. The molecule has 302 valence electrons. The van der Waals surface area contributed by atoms with Gasteiger partial charge in [0.05, 0.1) is 12.5 Å². The number of phenolic OH excluding ortho intramolecular Hbond substituents is 1. The first kappa shape index (κ1) is 41.8. The first-order valence-electron chi connectivity index (χ1n) is 19.8. The van der Waals surface area contributed by atoms with Crippen LogP contribution in [-0.4, -0.2) is 143 Å². The minimum absolute atomic E-state index is 0. The number of amides is 4. The van der Waals surface area contributed by atoms with Crippen LogP contribution in [0, 0.1) is 13.8 Å². The summed E-state index contributed by atoms with van der Waals surface area (Å²) >= 11 is 0. The molecule has 4 amide bonds. The number of hydrogen-bond donors (Lipinski definition) is 2. The largest absolute Gasteiger partial charge is 0.507 e. The topological polar surface area (TPSA) is 135 Å². The third-order valence-corrected chi connectivity index (χ3v) is 11.5. The fourth-order valence-electron chi connectivity index (χ4n) is 8.44. The van der Waals surface area contributed by atoms with E-state index in [1.807, 2.05) is 73.9 Å². The first-order valence-corrected chi connectivity index (χ1v) is 19.8. The van der Waals surface area contributed by atoms with Crippen molar-refractivity contribution in [1.82, 2.24) is 24.5 Å². The van der Waals surface area contributed by atoms with Gasteiger partial charge in [-0.15, -0.1) is 0 Å². The van der Waals surface area contributed by atoms with Crippen molar-refractivity contribution in [3.63, 3.8) is 0 Å². The van der Waals surface area contributed by atoms with Crippen LogP contribution in [0.5, 0.6) is 5.75 Å². The molecule has 13 heteroatoms. The molecule has 0 saturated carbocycles. The zero-order chi connectivity index (χ0) is 38.4. The molecular formula is C42H62N6O7. The lowest BCUT2D eigenvalue weighted by molar-refractivity contribution is -0.148. The number of carbonyl (C=O) groups is 4. The van der Waals surface area contributed by atoms with E-state index in [0.717, 1.165) is 62.3 Å². The Hall–Kier alpha value is -4.36. The zero-order valence-corrected chi connectivity index (χ0v) is 32.4. The summed E-state index contributed by atoms with van der Waals surface area (Å²) in [5.41, 5.74) is 4.20. The quantitative estimate of drug-likeness (QED) is 0.314. The van der Waals surface area contributed by atoms with Gasteiger partial charge in [0.1, 0.15) is 5.75 Å². The van der Waals surface area contributed by atoms with Gasteiger partial charge in [0.2, 0.25) is 0 Å². The number of aryl methyl sites for hydroxylation is 2. The molecule has 3 fully saturated rings. The average molecular weight is 763 g/mol. The lowest BCUT2D eigenvalue weighted by Gasteiger charge is -2.43. The highest BCUT2D eigenvalue weighted by atomic mass is 16.6. The van der Waals surface area contributed by atoms with Crippen molar-refractivity contribution in [2.24, 2.45) is 0 Å². The molecule has 6 rings (SSSR count). The van der Waals surface area contributed by atoms with Gasteiger partial charge in [-0.3, -0.25) is 14.5 Å². The van der Waals surface area contributed by atoms with Crippen LogP contribution in [0.1, 0.15) is 75.6 Å². The van der Waals surface area contributed by atoms with Crippen molar-refractivity contribution < 1.29 is 33.8 Å². The number of benzene rings is 2. The van der Waals surface area contributed by atoms with Crippen molar-refractivity contribution in [3.05, 3.63) is 58.7 Å². The van der Waals surface area contributed by atoms with Gasteiger partial charge in [0, 0.05) is 76.5 Å². The standard InChI is InChI=1S/C41H58N6O7.CH4/c1-28(2)53-37(48)14-17-43-15-10-33(11-16-43)44-21-23-45(24-22-44)39(50)36(27-31-25-29(3)38(49)30(4)26-31)54-41(52)46-18-12-34(13-19-46)47-20-9-32-7-5-6-8-35(32)42-40(47)51;/h5-8,25-26,28,33-34,36,49H,9-24,27H2,1-4H3,(H,42,51);1H4/t36-;/m1./s1. The Morgan fingerprint density at radius 2 is 1.47 bits per heavy atom. The number of urea groups is 1. The maximum Gasteiger partial charge on any atom is 0.410 e. The SMILES string of the molecule is C.Cc1cc(C[C@@H](OC(=O)N2CCC(N3CCc4ccccc4NC3=O)CC2)C(=O)N2CCN(C3CCN(CCC(=O)OC(C)C)CC3)CC2)cc(C)c1O. The predicted octanol–water partition coefficient (Wildman–Crippen LogP) is 5.20. The third-order valence-electron chi connectivity index (χ3n) is 11.5. The Labute approximate surface area is 326 Å². The van der Waals surface area contributed by atoms with Gasteiger partial charge in [-0.2, -0.15) is 0 Å². The normalized spacial score (nSPS) is 19.6. The van der Waals surface area contributed by atoms with Crippen molar-refractivity contribution >= 4 is 29.7 Å². The monoisotopic (exact) mass is 762 g/mol. The van der Waals surface area contributed by atoms with E-state index in [2.05, 4.69) is 15.1 Å². The Bertz CT molecular complexity index is 1620. The second-order valence-electron chi connectivity index (χ2n) is 15.6. The molecule has 0 radical (unpaired) electrons. The van der Waals surface area contributed by atoms with Crippen molar-refractivity contribution in [2.45, 2.75) is 104 Å². The average Bonchev–Trinajstić information content (AvgIpc) is 3.33. The number of para-hydroxylation sites is 1. The van der Waals surface area contributed by atoms with E-state index in [4.69, 9.17) is 9.47 Å². The molecule has 0 aromatic heterocycles. The number of phenols is 1. The highest BCUT2D eigenvalue weighted by Crippen LogP contribution is 2.27. The molecule has 4 aliphatic rings. The fourth-order valence-corrected chi connectivity index (χ4v) is 8.44. The third kappa shape index (κ3) is 10.7. The van der Waals surface area contributed by atoms with Crippen LogP contribution in [0.4, 0.5) is 15.3 Å². The summed E-state index contributed by atoms with van der Waals surface area (Å²) in [7, 11) is 0. The van der Waals surface area contributed by atoms with Crippen LogP contribution in [0.15, 0.2) is 36.4 Å². The molecule has 13 nitrogen and oxygen atoms in total. The summed E-state index contributed by atoms with van der Waals surface area (Å²) in [6.07, 6.45) is 3.04. The maximum absolute atomic E-state index is 14.2. The van der Waals surface area contributed by atoms with E-state index in [-0.39, 0.29) is 49.7 Å². The molecule has 1 atom stereocenters. The van der Waals surface area contributed by atoms with Crippen molar-refractivity contribution in [1.29, 1.82) is 0 Å².